The SMILES string of the molecule is CCn1nccc1C(=O)C(C)C. The van der Waals surface area contributed by atoms with Crippen LogP contribution in [-0.2, 0) is 6.54 Å². The van der Waals surface area contributed by atoms with E-state index in [9.17, 15) is 4.79 Å². The number of aromatic nitrogens is 2. The predicted molar refractivity (Wildman–Crippen MR) is 47.1 cm³/mol. The molecule has 0 fully saturated rings. The molecule has 0 saturated carbocycles. The van der Waals surface area contributed by atoms with Crippen molar-refractivity contribution >= 4 is 5.78 Å². The molecule has 0 aliphatic heterocycles. The van der Waals surface area contributed by atoms with Gasteiger partial charge in [0, 0.05) is 18.7 Å². The molecule has 0 spiro atoms. The Morgan fingerprint density at radius 2 is 2.33 bits per heavy atom. The Hall–Kier alpha value is -1.12. The van der Waals surface area contributed by atoms with Crippen LogP contribution in [-0.4, -0.2) is 15.6 Å². The van der Waals surface area contributed by atoms with Gasteiger partial charge in [-0.2, -0.15) is 5.10 Å². The van der Waals surface area contributed by atoms with Crippen molar-refractivity contribution in [3.63, 3.8) is 0 Å². The number of hydrogen-bond donors (Lipinski definition) is 0. The van der Waals surface area contributed by atoms with Gasteiger partial charge in [-0.1, -0.05) is 13.8 Å². The Morgan fingerprint density at radius 1 is 1.67 bits per heavy atom. The van der Waals surface area contributed by atoms with Crippen molar-refractivity contribution in [1.29, 1.82) is 0 Å². The first-order valence-electron chi connectivity index (χ1n) is 4.22. The molecule has 0 N–H and O–H groups in total. The summed E-state index contributed by atoms with van der Waals surface area (Å²) in [4.78, 5) is 11.5. The minimum Gasteiger partial charge on any atom is -0.292 e. The van der Waals surface area contributed by atoms with Gasteiger partial charge in [-0.15, -0.1) is 0 Å². The number of Topliss-reactive ketones (excluding diaryl/α,β-unsaturated/α-hetero) is 1. The van der Waals surface area contributed by atoms with Crippen molar-refractivity contribution in [2.75, 3.05) is 0 Å². The van der Waals surface area contributed by atoms with Gasteiger partial charge in [0.2, 0.25) is 0 Å². The van der Waals surface area contributed by atoms with Gasteiger partial charge < -0.3 is 0 Å². The average Bonchev–Trinajstić information content (AvgIpc) is 2.49. The van der Waals surface area contributed by atoms with E-state index in [1.807, 2.05) is 20.8 Å². The largest absolute Gasteiger partial charge is 0.292 e. The molecule has 0 radical (unpaired) electrons. The number of ketones is 1. The van der Waals surface area contributed by atoms with Gasteiger partial charge in [-0.05, 0) is 13.0 Å². The Morgan fingerprint density at radius 3 is 2.83 bits per heavy atom. The molecule has 1 aromatic heterocycles. The topological polar surface area (TPSA) is 34.9 Å². The number of rotatable bonds is 3. The lowest BCUT2D eigenvalue weighted by atomic mass is 10.1. The number of nitrogens with zero attached hydrogens (tertiary/aromatic N) is 2. The zero-order chi connectivity index (χ0) is 9.14. The fourth-order valence-electron chi connectivity index (χ4n) is 1.09. The first-order chi connectivity index (χ1) is 5.66. The molecule has 0 aliphatic carbocycles. The maximum Gasteiger partial charge on any atom is 0.183 e. The van der Waals surface area contributed by atoms with Gasteiger partial charge in [0.1, 0.15) is 5.69 Å². The normalized spacial score (nSPS) is 10.7. The van der Waals surface area contributed by atoms with Crippen molar-refractivity contribution in [3.05, 3.63) is 18.0 Å². The van der Waals surface area contributed by atoms with Crippen LogP contribution < -0.4 is 0 Å². The molecule has 1 heterocycles. The summed E-state index contributed by atoms with van der Waals surface area (Å²) in [5.41, 5.74) is 0.715. The van der Waals surface area contributed by atoms with Crippen molar-refractivity contribution in [1.82, 2.24) is 9.78 Å². The van der Waals surface area contributed by atoms with Crippen LogP contribution in [0.5, 0.6) is 0 Å². The van der Waals surface area contributed by atoms with E-state index < -0.39 is 0 Å². The summed E-state index contributed by atoms with van der Waals surface area (Å²) >= 11 is 0. The Kier molecular flexibility index (Phi) is 2.63. The van der Waals surface area contributed by atoms with Crippen LogP contribution in [0, 0.1) is 5.92 Å². The summed E-state index contributed by atoms with van der Waals surface area (Å²) < 4.78 is 1.72. The predicted octanol–water partition coefficient (Wildman–Crippen LogP) is 1.74. The van der Waals surface area contributed by atoms with E-state index in [-0.39, 0.29) is 11.7 Å². The van der Waals surface area contributed by atoms with Gasteiger partial charge >= 0.3 is 0 Å². The van der Waals surface area contributed by atoms with E-state index >= 15 is 0 Å². The molecule has 1 rings (SSSR count). The molecule has 3 nitrogen and oxygen atoms in total. The molecule has 0 unspecified atom stereocenters. The number of carbonyl (C=O) groups excluding carboxylic acids is 1. The lowest BCUT2D eigenvalue weighted by molar-refractivity contribution is 0.0928. The van der Waals surface area contributed by atoms with E-state index in [1.165, 1.54) is 0 Å². The molecule has 0 saturated heterocycles. The van der Waals surface area contributed by atoms with Crippen LogP contribution in [0.1, 0.15) is 31.3 Å². The molecular formula is C9H14N2O. The van der Waals surface area contributed by atoms with Crippen molar-refractivity contribution in [3.8, 4) is 0 Å². The summed E-state index contributed by atoms with van der Waals surface area (Å²) in [6.07, 6.45) is 1.67. The second-order valence-corrected chi connectivity index (χ2v) is 3.05. The second-order valence-electron chi connectivity index (χ2n) is 3.05. The molecule has 0 amide bonds. The minimum atomic E-state index is 0.0481. The third kappa shape index (κ3) is 1.55. The lowest BCUT2D eigenvalue weighted by Gasteiger charge is -2.05. The number of aryl methyl sites for hydroxylation is 1. The van der Waals surface area contributed by atoms with E-state index in [0.29, 0.717) is 5.69 Å². The number of hydrogen-bond acceptors (Lipinski definition) is 2. The molecule has 1 aromatic rings. The summed E-state index contributed by atoms with van der Waals surface area (Å²) in [5.74, 6) is 0.210. The monoisotopic (exact) mass is 166 g/mol. The summed E-state index contributed by atoms with van der Waals surface area (Å²) in [7, 11) is 0. The van der Waals surface area contributed by atoms with Gasteiger partial charge in [-0.3, -0.25) is 9.48 Å². The van der Waals surface area contributed by atoms with E-state index in [2.05, 4.69) is 5.10 Å². The molecule has 0 atom stereocenters. The van der Waals surface area contributed by atoms with Gasteiger partial charge in [0.25, 0.3) is 0 Å². The fourth-order valence-corrected chi connectivity index (χ4v) is 1.09. The van der Waals surface area contributed by atoms with Gasteiger partial charge in [-0.25, -0.2) is 0 Å². The van der Waals surface area contributed by atoms with Crippen molar-refractivity contribution < 1.29 is 4.79 Å². The van der Waals surface area contributed by atoms with Crippen LogP contribution in [0.25, 0.3) is 0 Å². The highest BCUT2D eigenvalue weighted by atomic mass is 16.1. The van der Waals surface area contributed by atoms with Crippen molar-refractivity contribution in [2.45, 2.75) is 27.3 Å². The Labute approximate surface area is 72.4 Å². The second kappa shape index (κ2) is 3.52. The third-order valence-electron chi connectivity index (χ3n) is 1.79. The third-order valence-corrected chi connectivity index (χ3v) is 1.79. The van der Waals surface area contributed by atoms with Crippen LogP contribution >= 0.6 is 0 Å². The summed E-state index contributed by atoms with van der Waals surface area (Å²) in [6, 6.07) is 1.77. The van der Waals surface area contributed by atoms with Gasteiger partial charge in [0.15, 0.2) is 5.78 Å². The standard InChI is InChI=1S/C9H14N2O/c1-4-11-8(5-6-10-11)9(12)7(2)3/h5-7H,4H2,1-3H3. The summed E-state index contributed by atoms with van der Waals surface area (Å²) in [5, 5.41) is 4.03. The maximum atomic E-state index is 11.5. The first-order valence-corrected chi connectivity index (χ1v) is 4.22. The highest BCUT2D eigenvalue weighted by molar-refractivity contribution is 5.95. The molecule has 12 heavy (non-hydrogen) atoms. The van der Waals surface area contributed by atoms with Crippen LogP contribution in [0.4, 0.5) is 0 Å². The van der Waals surface area contributed by atoms with E-state index in [1.54, 1.807) is 16.9 Å². The lowest BCUT2D eigenvalue weighted by Crippen LogP contribution is -2.14. The smallest absolute Gasteiger partial charge is 0.183 e. The van der Waals surface area contributed by atoms with Crippen molar-refractivity contribution in [2.24, 2.45) is 5.92 Å². The summed E-state index contributed by atoms with van der Waals surface area (Å²) in [6.45, 7) is 6.52. The molecule has 0 aliphatic rings. The van der Waals surface area contributed by atoms with Gasteiger partial charge in [0.05, 0.1) is 0 Å². The minimum absolute atomic E-state index is 0.0481. The maximum absolute atomic E-state index is 11.5. The van der Waals surface area contributed by atoms with Crippen LogP contribution in [0.2, 0.25) is 0 Å². The Balaban J connectivity index is 2.94. The highest BCUT2D eigenvalue weighted by Gasteiger charge is 2.13. The highest BCUT2D eigenvalue weighted by Crippen LogP contribution is 2.07. The zero-order valence-electron chi connectivity index (χ0n) is 7.74. The van der Waals surface area contributed by atoms with E-state index in [4.69, 9.17) is 0 Å². The molecule has 0 aromatic carbocycles. The molecule has 3 heteroatoms. The molecule has 66 valence electrons. The average molecular weight is 166 g/mol. The number of carbonyl (C=O) groups is 1. The first kappa shape index (κ1) is 8.97. The van der Waals surface area contributed by atoms with Crippen LogP contribution in [0.15, 0.2) is 12.3 Å². The zero-order valence-corrected chi connectivity index (χ0v) is 7.74. The fraction of sp³-hybridized carbons (Fsp3) is 0.556. The van der Waals surface area contributed by atoms with E-state index in [0.717, 1.165) is 6.54 Å². The van der Waals surface area contributed by atoms with Crippen LogP contribution in [0.3, 0.4) is 0 Å². The Bertz CT molecular complexity index is 276. The quantitative estimate of drug-likeness (QED) is 0.641. The molecule has 0 bridgehead atoms. The molecular weight excluding hydrogens is 152 g/mol.